The molecule has 0 radical (unpaired) electrons. The number of aryl methyl sites for hydroxylation is 2. The van der Waals surface area contributed by atoms with Crippen LogP contribution in [0.3, 0.4) is 0 Å². The Kier molecular flexibility index (Phi) is 2.22. The van der Waals surface area contributed by atoms with E-state index in [0.29, 0.717) is 11.7 Å². The summed E-state index contributed by atoms with van der Waals surface area (Å²) in [6.45, 7) is 6.27. The van der Waals surface area contributed by atoms with Crippen molar-refractivity contribution in [2.24, 2.45) is 7.05 Å². The number of nitrogens with zero attached hydrogens (tertiary/aromatic N) is 1. The third kappa shape index (κ3) is 1.50. The first kappa shape index (κ1) is 10.1. The van der Waals surface area contributed by atoms with E-state index in [4.69, 9.17) is 0 Å². The zero-order valence-corrected chi connectivity index (χ0v) is 9.70. The Balaban J connectivity index is 2.82. The van der Waals surface area contributed by atoms with Crippen molar-refractivity contribution in [2.45, 2.75) is 26.7 Å². The Hall–Kier alpha value is -1.44. The van der Waals surface area contributed by atoms with Crippen LogP contribution < -0.4 is 0 Å². The van der Waals surface area contributed by atoms with Crippen molar-refractivity contribution >= 4 is 10.9 Å². The molecule has 0 aliphatic rings. The van der Waals surface area contributed by atoms with E-state index in [1.54, 1.807) is 0 Å². The van der Waals surface area contributed by atoms with E-state index in [9.17, 15) is 5.11 Å². The number of aromatic hydroxyl groups is 1. The van der Waals surface area contributed by atoms with Gasteiger partial charge in [-0.1, -0.05) is 13.8 Å². The second-order valence-electron chi connectivity index (χ2n) is 4.51. The van der Waals surface area contributed by atoms with Gasteiger partial charge < -0.3 is 9.67 Å². The van der Waals surface area contributed by atoms with Gasteiger partial charge in [-0.3, -0.25) is 0 Å². The fourth-order valence-electron chi connectivity index (χ4n) is 2.01. The molecular weight excluding hydrogens is 186 g/mol. The normalized spacial score (nSPS) is 11.5. The van der Waals surface area contributed by atoms with E-state index in [2.05, 4.69) is 24.6 Å². The summed E-state index contributed by atoms with van der Waals surface area (Å²) >= 11 is 0. The van der Waals surface area contributed by atoms with Crippen molar-refractivity contribution in [1.82, 2.24) is 4.57 Å². The third-order valence-corrected chi connectivity index (χ3v) is 2.96. The van der Waals surface area contributed by atoms with Gasteiger partial charge >= 0.3 is 0 Å². The van der Waals surface area contributed by atoms with Crippen LogP contribution in [0.2, 0.25) is 0 Å². The first-order chi connectivity index (χ1) is 7.00. The molecule has 1 N–H and O–H groups in total. The Morgan fingerprint density at radius 3 is 2.53 bits per heavy atom. The molecule has 2 heteroatoms. The Morgan fingerprint density at radius 1 is 1.27 bits per heavy atom. The molecule has 0 aliphatic carbocycles. The van der Waals surface area contributed by atoms with E-state index in [-0.39, 0.29) is 0 Å². The fraction of sp³-hybridized carbons (Fsp3) is 0.385. The summed E-state index contributed by atoms with van der Waals surface area (Å²) in [6.07, 6.45) is 2.15. The molecule has 0 saturated carbocycles. The van der Waals surface area contributed by atoms with Crippen LogP contribution in [0, 0.1) is 6.92 Å². The number of rotatable bonds is 1. The maximum Gasteiger partial charge on any atom is 0.119 e. The first-order valence-corrected chi connectivity index (χ1v) is 5.29. The zero-order valence-electron chi connectivity index (χ0n) is 9.70. The van der Waals surface area contributed by atoms with Gasteiger partial charge in [0.25, 0.3) is 0 Å². The molecule has 2 nitrogen and oxygen atoms in total. The molecule has 0 fully saturated rings. The molecule has 0 unspecified atom stereocenters. The average Bonchev–Trinajstić information content (AvgIpc) is 2.45. The highest BCUT2D eigenvalue weighted by Crippen LogP contribution is 2.31. The SMILES string of the molecule is Cc1cc2c(cc1O)c(C(C)C)cn2C. The van der Waals surface area contributed by atoms with Crippen LogP contribution in [0.4, 0.5) is 0 Å². The van der Waals surface area contributed by atoms with Gasteiger partial charge in [-0.05, 0) is 36.1 Å². The van der Waals surface area contributed by atoms with E-state index in [1.165, 1.54) is 11.1 Å². The standard InChI is InChI=1S/C13H17NO/c1-8(2)11-7-14(4)12-5-9(3)13(15)6-10(11)12/h5-8,15H,1-4H3. The lowest BCUT2D eigenvalue weighted by atomic mass is 10.0. The quantitative estimate of drug-likeness (QED) is 0.755. The lowest BCUT2D eigenvalue weighted by Crippen LogP contribution is -1.84. The molecule has 1 aromatic heterocycles. The van der Waals surface area contributed by atoms with Crippen molar-refractivity contribution < 1.29 is 5.11 Å². The largest absolute Gasteiger partial charge is 0.508 e. The highest BCUT2D eigenvalue weighted by atomic mass is 16.3. The van der Waals surface area contributed by atoms with Crippen LogP contribution in [0.5, 0.6) is 5.75 Å². The minimum atomic E-state index is 0.385. The molecule has 0 aliphatic heterocycles. The second kappa shape index (κ2) is 3.30. The van der Waals surface area contributed by atoms with Gasteiger partial charge in [0.2, 0.25) is 0 Å². The van der Waals surface area contributed by atoms with Crippen LogP contribution >= 0.6 is 0 Å². The predicted molar refractivity (Wildman–Crippen MR) is 63.4 cm³/mol. The molecule has 2 aromatic rings. The van der Waals surface area contributed by atoms with Crippen LogP contribution in [0.15, 0.2) is 18.3 Å². The molecule has 0 saturated heterocycles. The highest BCUT2D eigenvalue weighted by Gasteiger charge is 2.11. The third-order valence-electron chi connectivity index (χ3n) is 2.96. The number of fused-ring (bicyclic) bond motifs is 1. The van der Waals surface area contributed by atoms with Gasteiger partial charge in [0.1, 0.15) is 5.75 Å². The summed E-state index contributed by atoms with van der Waals surface area (Å²) in [5.74, 6) is 0.867. The highest BCUT2D eigenvalue weighted by molar-refractivity contribution is 5.86. The number of phenolic OH excluding ortho intramolecular Hbond substituents is 1. The van der Waals surface area contributed by atoms with Gasteiger partial charge in [-0.2, -0.15) is 0 Å². The van der Waals surface area contributed by atoms with E-state index >= 15 is 0 Å². The average molecular weight is 203 g/mol. The van der Waals surface area contributed by atoms with E-state index in [0.717, 1.165) is 10.9 Å². The molecule has 0 amide bonds. The Bertz CT molecular complexity index is 509. The molecular formula is C13H17NO. The maximum atomic E-state index is 9.72. The van der Waals surface area contributed by atoms with E-state index < -0.39 is 0 Å². The number of hydrogen-bond acceptors (Lipinski definition) is 1. The van der Waals surface area contributed by atoms with Crippen LogP contribution in [0.25, 0.3) is 10.9 Å². The number of hydrogen-bond donors (Lipinski definition) is 1. The molecule has 0 atom stereocenters. The van der Waals surface area contributed by atoms with Crippen LogP contribution in [-0.2, 0) is 7.05 Å². The van der Waals surface area contributed by atoms with Crippen molar-refractivity contribution in [1.29, 1.82) is 0 Å². The molecule has 80 valence electrons. The van der Waals surface area contributed by atoms with Crippen molar-refractivity contribution in [3.8, 4) is 5.75 Å². The van der Waals surface area contributed by atoms with Crippen molar-refractivity contribution in [3.05, 3.63) is 29.5 Å². The van der Waals surface area contributed by atoms with Crippen molar-refractivity contribution in [2.75, 3.05) is 0 Å². The fourth-order valence-corrected chi connectivity index (χ4v) is 2.01. The molecule has 1 heterocycles. The van der Waals surface area contributed by atoms with Gasteiger partial charge in [-0.25, -0.2) is 0 Å². The minimum absolute atomic E-state index is 0.385. The van der Waals surface area contributed by atoms with Gasteiger partial charge in [0, 0.05) is 24.1 Å². The van der Waals surface area contributed by atoms with Gasteiger partial charge in [0.05, 0.1) is 0 Å². The van der Waals surface area contributed by atoms with E-state index in [1.807, 2.05) is 26.1 Å². The van der Waals surface area contributed by atoms with Crippen molar-refractivity contribution in [3.63, 3.8) is 0 Å². The number of benzene rings is 1. The number of phenols is 1. The molecule has 2 rings (SSSR count). The monoisotopic (exact) mass is 203 g/mol. The Labute approximate surface area is 90.2 Å². The van der Waals surface area contributed by atoms with Gasteiger partial charge in [-0.15, -0.1) is 0 Å². The molecule has 0 spiro atoms. The van der Waals surface area contributed by atoms with Crippen LogP contribution in [0.1, 0.15) is 30.9 Å². The molecule has 0 bridgehead atoms. The topological polar surface area (TPSA) is 25.2 Å². The lowest BCUT2D eigenvalue weighted by molar-refractivity contribution is 0.472. The lowest BCUT2D eigenvalue weighted by Gasteiger charge is -2.04. The molecule has 1 aromatic carbocycles. The summed E-state index contributed by atoms with van der Waals surface area (Å²) in [4.78, 5) is 0. The maximum absolute atomic E-state index is 9.72. The summed E-state index contributed by atoms with van der Waals surface area (Å²) in [5, 5.41) is 10.9. The first-order valence-electron chi connectivity index (χ1n) is 5.29. The smallest absolute Gasteiger partial charge is 0.119 e. The molecule has 15 heavy (non-hydrogen) atoms. The minimum Gasteiger partial charge on any atom is -0.508 e. The number of aromatic nitrogens is 1. The van der Waals surface area contributed by atoms with Crippen LogP contribution in [-0.4, -0.2) is 9.67 Å². The summed E-state index contributed by atoms with van der Waals surface area (Å²) in [5.41, 5.74) is 3.41. The summed E-state index contributed by atoms with van der Waals surface area (Å²) in [6, 6.07) is 3.91. The Morgan fingerprint density at radius 2 is 1.93 bits per heavy atom. The summed E-state index contributed by atoms with van der Waals surface area (Å²) in [7, 11) is 2.05. The predicted octanol–water partition coefficient (Wildman–Crippen LogP) is 3.32. The summed E-state index contributed by atoms with van der Waals surface area (Å²) < 4.78 is 2.12. The second-order valence-corrected chi connectivity index (χ2v) is 4.51. The van der Waals surface area contributed by atoms with Gasteiger partial charge in [0.15, 0.2) is 0 Å². The zero-order chi connectivity index (χ0) is 11.2.